The van der Waals surface area contributed by atoms with Crippen molar-refractivity contribution >= 4 is 23.4 Å². The molecule has 2 rings (SSSR count). The number of anilines is 1. The summed E-state index contributed by atoms with van der Waals surface area (Å²) in [5.41, 5.74) is 5.70. The van der Waals surface area contributed by atoms with Crippen molar-refractivity contribution in [1.82, 2.24) is 16.2 Å². The monoisotopic (exact) mass is 386 g/mol. The Morgan fingerprint density at radius 2 is 1.54 bits per heavy atom. The van der Waals surface area contributed by atoms with E-state index in [4.69, 9.17) is 0 Å². The van der Waals surface area contributed by atoms with E-state index in [1.54, 1.807) is 12.1 Å². The van der Waals surface area contributed by atoms with Gasteiger partial charge in [0.05, 0.1) is 12.1 Å². The Labute approximate surface area is 162 Å². The topological polar surface area (TPSA) is 90.5 Å². The van der Waals surface area contributed by atoms with E-state index in [0.717, 1.165) is 24.8 Å². The maximum atomic E-state index is 13.5. The molecule has 0 heterocycles. The molecule has 28 heavy (non-hydrogen) atoms. The summed E-state index contributed by atoms with van der Waals surface area (Å²) in [4.78, 5) is 37.9. The van der Waals surface area contributed by atoms with Gasteiger partial charge in [-0.25, -0.2) is 4.39 Å². The van der Waals surface area contributed by atoms with Crippen molar-refractivity contribution in [3.8, 4) is 0 Å². The number of carbonyl (C=O) groups is 3. The Balaban J connectivity index is 1.81. The zero-order valence-corrected chi connectivity index (χ0v) is 15.8. The Hall–Kier alpha value is -3.42. The Bertz CT molecular complexity index is 836. The lowest BCUT2D eigenvalue weighted by molar-refractivity contribution is -0.120. The highest BCUT2D eigenvalue weighted by atomic mass is 19.1. The fourth-order valence-corrected chi connectivity index (χ4v) is 2.56. The summed E-state index contributed by atoms with van der Waals surface area (Å²) < 4.78 is 13.5. The lowest BCUT2D eigenvalue weighted by Crippen LogP contribution is -2.46. The van der Waals surface area contributed by atoms with Crippen LogP contribution in [-0.4, -0.2) is 37.4 Å². The van der Waals surface area contributed by atoms with Gasteiger partial charge < -0.3 is 10.2 Å². The summed E-state index contributed by atoms with van der Waals surface area (Å²) in [5.74, 6) is -2.52. The van der Waals surface area contributed by atoms with Gasteiger partial charge in [-0.05, 0) is 50.2 Å². The molecule has 0 saturated heterocycles. The molecule has 0 fully saturated rings. The first kappa shape index (κ1) is 20.9. The summed E-state index contributed by atoms with van der Waals surface area (Å²) in [6, 6.07) is 12.4. The number of rotatable bonds is 7. The summed E-state index contributed by atoms with van der Waals surface area (Å²) >= 11 is 0. The second kappa shape index (κ2) is 10.1. The first-order valence-electron chi connectivity index (χ1n) is 8.93. The molecule has 0 bridgehead atoms. The molecule has 3 N–H and O–H groups in total. The third-order valence-corrected chi connectivity index (χ3v) is 4.10. The van der Waals surface area contributed by atoms with Crippen LogP contribution in [0, 0.1) is 5.82 Å². The van der Waals surface area contributed by atoms with E-state index in [9.17, 15) is 18.8 Å². The van der Waals surface area contributed by atoms with Gasteiger partial charge in [-0.15, -0.1) is 0 Å². The first-order valence-corrected chi connectivity index (χ1v) is 8.93. The van der Waals surface area contributed by atoms with Gasteiger partial charge >= 0.3 is 0 Å². The van der Waals surface area contributed by atoms with Crippen LogP contribution in [0.15, 0.2) is 48.5 Å². The molecule has 0 spiro atoms. The average Bonchev–Trinajstić information content (AvgIpc) is 2.72. The van der Waals surface area contributed by atoms with Gasteiger partial charge in [0.25, 0.3) is 17.7 Å². The Morgan fingerprint density at radius 1 is 0.893 bits per heavy atom. The van der Waals surface area contributed by atoms with Crippen LogP contribution >= 0.6 is 0 Å². The number of benzene rings is 2. The zero-order valence-electron chi connectivity index (χ0n) is 15.8. The summed E-state index contributed by atoms with van der Waals surface area (Å²) in [6.45, 7) is 5.40. The van der Waals surface area contributed by atoms with E-state index >= 15 is 0 Å². The molecule has 0 saturated carbocycles. The van der Waals surface area contributed by atoms with Crippen molar-refractivity contribution in [2.24, 2.45) is 0 Å². The number of amides is 3. The van der Waals surface area contributed by atoms with Crippen LogP contribution in [0.25, 0.3) is 0 Å². The summed E-state index contributed by atoms with van der Waals surface area (Å²) in [7, 11) is 0. The Kier molecular flexibility index (Phi) is 7.50. The minimum absolute atomic E-state index is 0.160. The highest BCUT2D eigenvalue weighted by Crippen LogP contribution is 2.14. The van der Waals surface area contributed by atoms with Crippen molar-refractivity contribution in [3.05, 3.63) is 65.5 Å². The van der Waals surface area contributed by atoms with Crippen LogP contribution in [0.2, 0.25) is 0 Å². The van der Waals surface area contributed by atoms with Crippen molar-refractivity contribution in [2.45, 2.75) is 13.8 Å². The lowest BCUT2D eigenvalue weighted by Gasteiger charge is -2.21. The van der Waals surface area contributed by atoms with Crippen molar-refractivity contribution in [1.29, 1.82) is 0 Å². The third kappa shape index (κ3) is 5.54. The third-order valence-electron chi connectivity index (χ3n) is 4.10. The number of nitrogens with one attached hydrogen (secondary N) is 3. The van der Waals surface area contributed by atoms with E-state index in [1.807, 2.05) is 26.0 Å². The second-order valence-electron chi connectivity index (χ2n) is 5.88. The van der Waals surface area contributed by atoms with Crippen LogP contribution in [0.3, 0.4) is 0 Å². The van der Waals surface area contributed by atoms with Gasteiger partial charge in [-0.1, -0.05) is 12.1 Å². The molecule has 0 aromatic heterocycles. The van der Waals surface area contributed by atoms with Crippen molar-refractivity contribution < 1.29 is 18.8 Å². The van der Waals surface area contributed by atoms with E-state index in [2.05, 4.69) is 21.1 Å². The SMILES string of the molecule is CCN(CC)c1ccc(C(=O)NNC(=O)CNC(=O)c2ccccc2F)cc1. The Morgan fingerprint density at radius 3 is 2.14 bits per heavy atom. The molecule has 0 aliphatic carbocycles. The summed E-state index contributed by atoms with van der Waals surface area (Å²) in [5, 5.41) is 2.29. The van der Waals surface area contributed by atoms with Crippen LogP contribution in [0.1, 0.15) is 34.6 Å². The maximum absolute atomic E-state index is 13.5. The average molecular weight is 386 g/mol. The van der Waals surface area contributed by atoms with E-state index in [0.29, 0.717) is 5.56 Å². The van der Waals surface area contributed by atoms with E-state index in [1.165, 1.54) is 18.2 Å². The molecule has 0 radical (unpaired) electrons. The van der Waals surface area contributed by atoms with Gasteiger partial charge in [-0.3, -0.25) is 25.2 Å². The largest absolute Gasteiger partial charge is 0.372 e. The predicted molar refractivity (Wildman–Crippen MR) is 104 cm³/mol. The van der Waals surface area contributed by atoms with Crippen LogP contribution in [-0.2, 0) is 4.79 Å². The van der Waals surface area contributed by atoms with Gasteiger partial charge in [0.2, 0.25) is 0 Å². The van der Waals surface area contributed by atoms with Crippen LogP contribution in [0.4, 0.5) is 10.1 Å². The second-order valence-corrected chi connectivity index (χ2v) is 5.88. The molecule has 0 aliphatic heterocycles. The highest BCUT2D eigenvalue weighted by molar-refractivity contribution is 5.98. The molecule has 2 aromatic carbocycles. The minimum atomic E-state index is -0.716. The number of halogens is 1. The molecular formula is C20H23FN4O3. The molecular weight excluding hydrogens is 363 g/mol. The fourth-order valence-electron chi connectivity index (χ4n) is 2.56. The van der Waals surface area contributed by atoms with Gasteiger partial charge in [0.1, 0.15) is 5.82 Å². The maximum Gasteiger partial charge on any atom is 0.269 e. The molecule has 8 heteroatoms. The van der Waals surface area contributed by atoms with E-state index < -0.39 is 30.1 Å². The minimum Gasteiger partial charge on any atom is -0.372 e. The molecule has 0 aliphatic rings. The fraction of sp³-hybridized carbons (Fsp3) is 0.250. The smallest absolute Gasteiger partial charge is 0.269 e. The van der Waals surface area contributed by atoms with Gasteiger partial charge in [-0.2, -0.15) is 0 Å². The molecule has 7 nitrogen and oxygen atoms in total. The first-order chi connectivity index (χ1) is 13.5. The summed E-state index contributed by atoms with van der Waals surface area (Å²) in [6.07, 6.45) is 0. The lowest BCUT2D eigenvalue weighted by atomic mass is 10.2. The number of hydrogen-bond acceptors (Lipinski definition) is 4. The van der Waals surface area contributed by atoms with Crippen molar-refractivity contribution in [2.75, 3.05) is 24.5 Å². The number of nitrogens with zero attached hydrogens (tertiary/aromatic N) is 1. The molecule has 2 aromatic rings. The quantitative estimate of drug-likeness (QED) is 0.634. The highest BCUT2D eigenvalue weighted by Gasteiger charge is 2.13. The number of hydrazine groups is 1. The number of carbonyl (C=O) groups excluding carboxylic acids is 3. The molecule has 0 atom stereocenters. The molecule has 0 unspecified atom stereocenters. The van der Waals surface area contributed by atoms with Gasteiger partial charge in [0, 0.05) is 24.3 Å². The standard InChI is InChI=1S/C20H23FN4O3/c1-3-25(4-2)15-11-9-14(10-12-15)19(27)24-23-18(26)13-22-20(28)16-7-5-6-8-17(16)21/h5-12H,3-4,13H2,1-2H3,(H,22,28)(H,23,26)(H,24,27). The normalized spacial score (nSPS) is 10.1. The van der Waals surface area contributed by atoms with Crippen LogP contribution in [0.5, 0.6) is 0 Å². The number of hydrogen-bond donors (Lipinski definition) is 3. The van der Waals surface area contributed by atoms with Crippen molar-refractivity contribution in [3.63, 3.8) is 0 Å². The molecule has 3 amide bonds. The van der Waals surface area contributed by atoms with Gasteiger partial charge in [0.15, 0.2) is 0 Å². The van der Waals surface area contributed by atoms with E-state index in [-0.39, 0.29) is 5.56 Å². The molecule has 148 valence electrons. The van der Waals surface area contributed by atoms with Crippen LogP contribution < -0.4 is 21.1 Å². The zero-order chi connectivity index (χ0) is 20.5. The predicted octanol–water partition coefficient (Wildman–Crippen LogP) is 1.86.